The van der Waals surface area contributed by atoms with Crippen molar-refractivity contribution in [1.82, 2.24) is 9.80 Å². The number of para-hydroxylation sites is 2. The number of hydrogen-bond acceptors (Lipinski definition) is 3. The zero-order valence-corrected chi connectivity index (χ0v) is 19.1. The minimum Gasteiger partial charge on any atom is -0.338 e. The van der Waals surface area contributed by atoms with Gasteiger partial charge in [-0.2, -0.15) is 0 Å². The number of amides is 4. The van der Waals surface area contributed by atoms with Gasteiger partial charge >= 0.3 is 6.03 Å². The summed E-state index contributed by atoms with van der Waals surface area (Å²) in [7, 11) is 0. The van der Waals surface area contributed by atoms with Crippen LogP contribution >= 0.6 is 0 Å². The average Bonchev–Trinajstić information content (AvgIpc) is 3.36. The van der Waals surface area contributed by atoms with Crippen molar-refractivity contribution in [2.45, 2.75) is 32.1 Å². The van der Waals surface area contributed by atoms with Crippen LogP contribution in [0.15, 0.2) is 48.5 Å². The first kappa shape index (κ1) is 21.5. The van der Waals surface area contributed by atoms with Crippen LogP contribution in [0.3, 0.4) is 0 Å². The summed E-state index contributed by atoms with van der Waals surface area (Å²) in [5.74, 6) is 0.815. The zero-order valence-electron chi connectivity index (χ0n) is 19.1. The van der Waals surface area contributed by atoms with Crippen molar-refractivity contribution in [3.05, 3.63) is 59.7 Å². The molecule has 0 saturated carbocycles. The Morgan fingerprint density at radius 2 is 1.70 bits per heavy atom. The first-order valence-electron chi connectivity index (χ1n) is 11.7. The third-order valence-corrected chi connectivity index (χ3v) is 7.24. The van der Waals surface area contributed by atoms with E-state index in [1.165, 1.54) is 0 Å². The number of likely N-dealkylation sites (tertiary alicyclic amines) is 2. The molecule has 3 heterocycles. The first-order chi connectivity index (χ1) is 15.9. The van der Waals surface area contributed by atoms with Crippen LogP contribution in [-0.2, 0) is 10.2 Å². The second kappa shape index (κ2) is 8.21. The Bertz CT molecular complexity index is 1110. The molecule has 2 aromatic rings. The number of urea groups is 1. The van der Waals surface area contributed by atoms with Gasteiger partial charge in [-0.1, -0.05) is 44.2 Å². The Balaban J connectivity index is 1.33. The van der Waals surface area contributed by atoms with Crippen LogP contribution in [0.1, 0.15) is 42.6 Å². The van der Waals surface area contributed by atoms with Crippen molar-refractivity contribution in [1.29, 1.82) is 0 Å². The van der Waals surface area contributed by atoms with Crippen molar-refractivity contribution in [3.8, 4) is 0 Å². The van der Waals surface area contributed by atoms with Gasteiger partial charge in [0.05, 0.1) is 16.7 Å². The third kappa shape index (κ3) is 3.75. The van der Waals surface area contributed by atoms with Crippen LogP contribution in [0.4, 0.5) is 16.2 Å². The van der Waals surface area contributed by atoms with Crippen LogP contribution in [0.5, 0.6) is 0 Å². The maximum absolute atomic E-state index is 13.3. The number of fused-ring (bicyclic) bond motifs is 2. The highest BCUT2D eigenvalue weighted by molar-refractivity contribution is 6.08. The lowest BCUT2D eigenvalue weighted by Gasteiger charge is -2.35. The molecule has 2 N–H and O–H groups in total. The highest BCUT2D eigenvalue weighted by Gasteiger charge is 2.52. The molecule has 0 radical (unpaired) electrons. The van der Waals surface area contributed by atoms with E-state index in [4.69, 9.17) is 0 Å². The van der Waals surface area contributed by atoms with E-state index in [1.54, 1.807) is 17.0 Å². The van der Waals surface area contributed by atoms with E-state index in [2.05, 4.69) is 24.5 Å². The molecule has 172 valence electrons. The number of hydrogen-bond donors (Lipinski definition) is 2. The molecule has 5 rings (SSSR count). The summed E-state index contributed by atoms with van der Waals surface area (Å²) in [6.07, 6.45) is 1.70. The van der Waals surface area contributed by atoms with Gasteiger partial charge in [0.25, 0.3) is 5.91 Å². The van der Waals surface area contributed by atoms with Crippen LogP contribution < -0.4 is 10.6 Å². The lowest BCUT2D eigenvalue weighted by molar-refractivity contribution is -0.120. The molecule has 7 nitrogen and oxygen atoms in total. The van der Waals surface area contributed by atoms with Crippen molar-refractivity contribution in [3.63, 3.8) is 0 Å². The molecule has 3 aliphatic rings. The van der Waals surface area contributed by atoms with Crippen molar-refractivity contribution in [2.75, 3.05) is 36.8 Å². The largest absolute Gasteiger partial charge is 0.338 e. The molecule has 3 atom stereocenters. The SMILES string of the molecule is CC1CC(C)CN(C(=O)c2ccccc2NC(=O)N2CCC3(C2)C(=O)Nc2ccccc23)C1. The summed E-state index contributed by atoms with van der Waals surface area (Å²) in [5, 5.41) is 5.91. The molecule has 2 saturated heterocycles. The molecule has 7 heteroatoms. The molecule has 2 fully saturated rings. The quantitative estimate of drug-likeness (QED) is 0.733. The van der Waals surface area contributed by atoms with Gasteiger partial charge < -0.3 is 20.4 Å². The molecule has 4 amide bonds. The Morgan fingerprint density at radius 3 is 2.48 bits per heavy atom. The normalized spacial score (nSPS) is 26.3. The van der Waals surface area contributed by atoms with E-state index in [9.17, 15) is 14.4 Å². The molecular formula is C26H30N4O3. The van der Waals surface area contributed by atoms with E-state index < -0.39 is 5.41 Å². The second-order valence-corrected chi connectivity index (χ2v) is 9.89. The molecule has 0 aliphatic carbocycles. The highest BCUT2D eigenvalue weighted by atomic mass is 16.2. The summed E-state index contributed by atoms with van der Waals surface area (Å²) in [6.45, 7) is 6.60. The predicted octanol–water partition coefficient (Wildman–Crippen LogP) is 3.93. The minimum absolute atomic E-state index is 0.0497. The monoisotopic (exact) mass is 446 g/mol. The van der Waals surface area contributed by atoms with E-state index in [-0.39, 0.29) is 17.8 Å². The molecule has 0 bridgehead atoms. The molecule has 1 spiro atoms. The number of nitrogens with one attached hydrogen (secondary N) is 2. The number of rotatable bonds is 2. The Hall–Kier alpha value is -3.35. The Morgan fingerprint density at radius 1 is 1.00 bits per heavy atom. The molecular weight excluding hydrogens is 416 g/mol. The summed E-state index contributed by atoms with van der Waals surface area (Å²) in [6, 6.07) is 14.6. The first-order valence-corrected chi connectivity index (χ1v) is 11.7. The second-order valence-electron chi connectivity index (χ2n) is 9.89. The van der Waals surface area contributed by atoms with Gasteiger partial charge in [0.1, 0.15) is 0 Å². The topological polar surface area (TPSA) is 81.8 Å². The molecule has 0 aromatic heterocycles. The van der Waals surface area contributed by atoms with Crippen LogP contribution in [0.2, 0.25) is 0 Å². The van der Waals surface area contributed by atoms with E-state index in [0.717, 1.165) is 30.8 Å². The standard InChI is InChI=1S/C26H30N4O3/c1-17-13-18(2)15-30(14-17)23(31)19-7-3-5-9-21(19)28-25(33)29-12-11-26(16-29)20-8-4-6-10-22(20)27-24(26)32/h3-10,17-18H,11-16H2,1-2H3,(H,27,32)(H,28,33). The van der Waals surface area contributed by atoms with Gasteiger partial charge in [-0.3, -0.25) is 9.59 Å². The molecule has 3 unspecified atom stereocenters. The van der Waals surface area contributed by atoms with Crippen LogP contribution in [0.25, 0.3) is 0 Å². The number of carbonyl (C=O) groups is 3. The van der Waals surface area contributed by atoms with Gasteiger partial charge in [-0.05, 0) is 48.4 Å². The highest BCUT2D eigenvalue weighted by Crippen LogP contribution is 2.44. The lowest BCUT2D eigenvalue weighted by atomic mass is 9.81. The zero-order chi connectivity index (χ0) is 23.2. The maximum Gasteiger partial charge on any atom is 0.321 e. The van der Waals surface area contributed by atoms with E-state index in [0.29, 0.717) is 42.6 Å². The predicted molar refractivity (Wildman–Crippen MR) is 127 cm³/mol. The number of benzene rings is 2. The Kier molecular flexibility index (Phi) is 5.35. The molecule has 2 aromatic carbocycles. The van der Waals surface area contributed by atoms with Crippen LogP contribution in [-0.4, -0.2) is 53.8 Å². The molecule has 33 heavy (non-hydrogen) atoms. The van der Waals surface area contributed by atoms with E-state index in [1.807, 2.05) is 41.3 Å². The third-order valence-electron chi connectivity index (χ3n) is 7.24. The van der Waals surface area contributed by atoms with Crippen molar-refractivity contribution in [2.24, 2.45) is 11.8 Å². The number of anilines is 2. The summed E-state index contributed by atoms with van der Waals surface area (Å²) >= 11 is 0. The maximum atomic E-state index is 13.3. The van der Waals surface area contributed by atoms with Gasteiger partial charge in [-0.25, -0.2) is 4.79 Å². The van der Waals surface area contributed by atoms with Crippen molar-refractivity contribution < 1.29 is 14.4 Å². The van der Waals surface area contributed by atoms with Gasteiger partial charge in [0.2, 0.25) is 5.91 Å². The van der Waals surface area contributed by atoms with Gasteiger partial charge in [0, 0.05) is 31.9 Å². The summed E-state index contributed by atoms with van der Waals surface area (Å²) in [5.41, 5.74) is 2.09. The van der Waals surface area contributed by atoms with Gasteiger partial charge in [-0.15, -0.1) is 0 Å². The fourth-order valence-electron chi connectivity index (χ4n) is 5.73. The number of nitrogens with zero attached hydrogens (tertiary/aromatic N) is 2. The smallest absolute Gasteiger partial charge is 0.321 e. The van der Waals surface area contributed by atoms with Crippen LogP contribution in [0, 0.1) is 11.8 Å². The van der Waals surface area contributed by atoms with Gasteiger partial charge in [0.15, 0.2) is 0 Å². The minimum atomic E-state index is -0.705. The van der Waals surface area contributed by atoms with Crippen molar-refractivity contribution >= 4 is 29.2 Å². The number of carbonyl (C=O) groups excluding carboxylic acids is 3. The van der Waals surface area contributed by atoms with E-state index >= 15 is 0 Å². The summed E-state index contributed by atoms with van der Waals surface area (Å²) in [4.78, 5) is 42.9. The Labute approximate surface area is 194 Å². The fraction of sp³-hybridized carbons (Fsp3) is 0.423. The number of piperidine rings is 1. The fourth-order valence-corrected chi connectivity index (χ4v) is 5.73. The molecule has 3 aliphatic heterocycles. The summed E-state index contributed by atoms with van der Waals surface area (Å²) < 4.78 is 0. The lowest BCUT2D eigenvalue weighted by Crippen LogP contribution is -2.43. The average molecular weight is 447 g/mol.